The molecule has 5 rings (SSSR count). The summed E-state index contributed by atoms with van der Waals surface area (Å²) in [6.45, 7) is 4.36. The fourth-order valence-electron chi connectivity index (χ4n) is 5.32. The molecule has 2 aliphatic rings. The predicted molar refractivity (Wildman–Crippen MR) is 121 cm³/mol. The standard InChI is InChI=1S/C26H25NO3S/c1-18-7-11-20(12-8-18)26-15-16-27(31(29,30)21-13-9-19(2)10-14-21)25(26)17-24(28)22-5-3-4-6-23(22)26/h3-14,25H,15-17H2,1-2H3. The second kappa shape index (κ2) is 7.14. The van der Waals surface area contributed by atoms with Gasteiger partial charge in [-0.25, -0.2) is 8.42 Å². The van der Waals surface area contributed by atoms with Gasteiger partial charge in [0.05, 0.1) is 4.90 Å². The van der Waals surface area contributed by atoms with E-state index in [0.717, 1.165) is 22.3 Å². The van der Waals surface area contributed by atoms with Gasteiger partial charge in [-0.3, -0.25) is 4.79 Å². The number of hydrogen-bond acceptors (Lipinski definition) is 3. The number of ketones is 1. The smallest absolute Gasteiger partial charge is 0.243 e. The van der Waals surface area contributed by atoms with Gasteiger partial charge in [0.1, 0.15) is 0 Å². The highest BCUT2D eigenvalue weighted by atomic mass is 32.2. The first kappa shape index (κ1) is 20.2. The number of Topliss-reactive ketones (excluding diaryl/α,β-unsaturated/α-hetero) is 1. The lowest BCUT2D eigenvalue weighted by Crippen LogP contribution is -2.50. The van der Waals surface area contributed by atoms with Gasteiger partial charge >= 0.3 is 0 Å². The fraction of sp³-hybridized carbons (Fsp3) is 0.269. The fourth-order valence-corrected chi connectivity index (χ4v) is 6.99. The zero-order chi connectivity index (χ0) is 21.8. The van der Waals surface area contributed by atoms with E-state index in [9.17, 15) is 13.2 Å². The Morgan fingerprint density at radius 2 is 1.48 bits per heavy atom. The highest BCUT2D eigenvalue weighted by molar-refractivity contribution is 7.89. The molecule has 31 heavy (non-hydrogen) atoms. The van der Waals surface area contributed by atoms with E-state index in [-0.39, 0.29) is 17.1 Å². The van der Waals surface area contributed by atoms with Crippen molar-refractivity contribution in [2.45, 2.75) is 43.0 Å². The molecule has 0 saturated carbocycles. The van der Waals surface area contributed by atoms with E-state index in [4.69, 9.17) is 0 Å². The lowest BCUT2D eigenvalue weighted by atomic mass is 9.63. The quantitative estimate of drug-likeness (QED) is 0.607. The highest BCUT2D eigenvalue weighted by Crippen LogP contribution is 2.52. The summed E-state index contributed by atoms with van der Waals surface area (Å²) in [5.41, 5.74) is 4.37. The molecule has 1 heterocycles. The van der Waals surface area contributed by atoms with Crippen LogP contribution in [0.4, 0.5) is 0 Å². The van der Waals surface area contributed by atoms with Crippen molar-refractivity contribution in [1.29, 1.82) is 0 Å². The first-order valence-corrected chi connectivity index (χ1v) is 12.1. The third kappa shape index (κ3) is 2.99. The van der Waals surface area contributed by atoms with Crippen molar-refractivity contribution >= 4 is 15.8 Å². The van der Waals surface area contributed by atoms with E-state index in [0.29, 0.717) is 18.5 Å². The Morgan fingerprint density at radius 3 is 2.16 bits per heavy atom. The molecule has 0 radical (unpaired) electrons. The van der Waals surface area contributed by atoms with Crippen LogP contribution in [-0.4, -0.2) is 31.1 Å². The zero-order valence-corrected chi connectivity index (χ0v) is 18.5. The average Bonchev–Trinajstić information content (AvgIpc) is 3.16. The summed E-state index contributed by atoms with van der Waals surface area (Å²) in [6.07, 6.45) is 0.839. The van der Waals surface area contributed by atoms with Crippen molar-refractivity contribution in [3.8, 4) is 0 Å². The maximum atomic E-state index is 13.7. The lowest BCUT2D eigenvalue weighted by molar-refractivity contribution is 0.0929. The molecule has 2 atom stereocenters. The first-order chi connectivity index (χ1) is 14.8. The van der Waals surface area contributed by atoms with E-state index in [1.54, 1.807) is 16.4 Å². The van der Waals surface area contributed by atoms with Crippen molar-refractivity contribution in [1.82, 2.24) is 4.31 Å². The molecule has 0 N–H and O–H groups in total. The van der Waals surface area contributed by atoms with Gasteiger partial charge in [0, 0.05) is 30.0 Å². The minimum atomic E-state index is -3.72. The largest absolute Gasteiger partial charge is 0.294 e. The number of fused-ring (bicyclic) bond motifs is 3. The van der Waals surface area contributed by atoms with Crippen LogP contribution in [0.3, 0.4) is 0 Å². The molecule has 158 valence electrons. The number of sulfonamides is 1. The Bertz CT molecular complexity index is 1260. The Morgan fingerprint density at radius 1 is 0.871 bits per heavy atom. The zero-order valence-electron chi connectivity index (χ0n) is 17.7. The summed E-state index contributed by atoms with van der Waals surface area (Å²) >= 11 is 0. The molecule has 3 aromatic carbocycles. The van der Waals surface area contributed by atoms with Crippen LogP contribution in [0.5, 0.6) is 0 Å². The number of rotatable bonds is 3. The SMILES string of the molecule is Cc1ccc(C23CCN(S(=O)(=O)c4ccc(C)cc4)C2CC(=O)c2ccccc23)cc1. The second-order valence-corrected chi connectivity index (χ2v) is 10.6. The van der Waals surface area contributed by atoms with E-state index in [2.05, 4.69) is 24.3 Å². The summed E-state index contributed by atoms with van der Waals surface area (Å²) in [7, 11) is -3.72. The molecule has 3 aromatic rings. The van der Waals surface area contributed by atoms with Crippen molar-refractivity contribution in [2.24, 2.45) is 0 Å². The van der Waals surface area contributed by atoms with Crippen LogP contribution in [0.25, 0.3) is 0 Å². The molecular formula is C26H25NO3S. The number of carbonyl (C=O) groups is 1. The van der Waals surface area contributed by atoms with Gasteiger partial charge in [-0.1, -0.05) is 71.8 Å². The van der Waals surface area contributed by atoms with Gasteiger partial charge in [0.15, 0.2) is 5.78 Å². The van der Waals surface area contributed by atoms with E-state index in [1.165, 1.54) is 0 Å². The van der Waals surface area contributed by atoms with Gasteiger partial charge in [0.2, 0.25) is 10.0 Å². The Hall–Kier alpha value is -2.76. The van der Waals surface area contributed by atoms with Crippen molar-refractivity contribution in [2.75, 3.05) is 6.54 Å². The van der Waals surface area contributed by atoms with Crippen LogP contribution in [0.1, 0.15) is 45.5 Å². The summed E-state index contributed by atoms with van der Waals surface area (Å²) in [5, 5.41) is 0. The molecule has 1 saturated heterocycles. The molecule has 1 aliphatic carbocycles. The normalized spacial score (nSPS) is 23.4. The number of nitrogens with zero attached hydrogens (tertiary/aromatic N) is 1. The molecule has 0 spiro atoms. The highest BCUT2D eigenvalue weighted by Gasteiger charge is 2.57. The molecule has 1 aliphatic heterocycles. The van der Waals surface area contributed by atoms with Gasteiger partial charge < -0.3 is 0 Å². The minimum Gasteiger partial charge on any atom is -0.294 e. The number of hydrogen-bond donors (Lipinski definition) is 0. The van der Waals surface area contributed by atoms with Gasteiger partial charge in [-0.2, -0.15) is 4.31 Å². The van der Waals surface area contributed by atoms with Crippen LogP contribution in [0, 0.1) is 13.8 Å². The summed E-state index contributed by atoms with van der Waals surface area (Å²) < 4.78 is 28.9. The summed E-state index contributed by atoms with van der Waals surface area (Å²) in [4.78, 5) is 13.4. The van der Waals surface area contributed by atoms with Crippen molar-refractivity contribution < 1.29 is 13.2 Å². The summed E-state index contributed by atoms with van der Waals surface area (Å²) in [5.74, 6) is 0.00865. The Balaban J connectivity index is 1.70. The molecule has 5 heteroatoms. The van der Waals surface area contributed by atoms with Gasteiger partial charge in [0.25, 0.3) is 0 Å². The van der Waals surface area contributed by atoms with Crippen LogP contribution < -0.4 is 0 Å². The molecule has 4 nitrogen and oxygen atoms in total. The lowest BCUT2D eigenvalue weighted by Gasteiger charge is -2.42. The molecular weight excluding hydrogens is 406 g/mol. The Kier molecular flexibility index (Phi) is 4.65. The molecule has 2 unspecified atom stereocenters. The third-order valence-electron chi connectivity index (χ3n) is 6.92. The number of benzene rings is 3. The topological polar surface area (TPSA) is 54.5 Å². The molecule has 0 bridgehead atoms. The monoisotopic (exact) mass is 431 g/mol. The predicted octanol–water partition coefficient (Wildman–Crippen LogP) is 4.64. The summed E-state index contributed by atoms with van der Waals surface area (Å²) in [6, 6.07) is 22.5. The maximum Gasteiger partial charge on any atom is 0.243 e. The maximum absolute atomic E-state index is 13.7. The minimum absolute atomic E-state index is 0.00865. The third-order valence-corrected chi connectivity index (χ3v) is 8.85. The first-order valence-electron chi connectivity index (χ1n) is 10.6. The van der Waals surface area contributed by atoms with Crippen LogP contribution in [0.15, 0.2) is 77.7 Å². The number of carbonyl (C=O) groups excluding carboxylic acids is 1. The molecule has 0 amide bonds. The van der Waals surface area contributed by atoms with Gasteiger partial charge in [-0.15, -0.1) is 0 Å². The van der Waals surface area contributed by atoms with Crippen LogP contribution in [0.2, 0.25) is 0 Å². The average molecular weight is 432 g/mol. The molecule has 0 aromatic heterocycles. The van der Waals surface area contributed by atoms with E-state index in [1.807, 2.05) is 50.2 Å². The van der Waals surface area contributed by atoms with Crippen molar-refractivity contribution in [3.63, 3.8) is 0 Å². The number of aryl methyl sites for hydroxylation is 2. The van der Waals surface area contributed by atoms with Gasteiger partial charge in [-0.05, 0) is 43.5 Å². The second-order valence-electron chi connectivity index (χ2n) is 8.70. The molecule has 1 fully saturated rings. The van der Waals surface area contributed by atoms with Crippen molar-refractivity contribution in [3.05, 3.63) is 101 Å². The van der Waals surface area contributed by atoms with E-state index < -0.39 is 21.5 Å². The van der Waals surface area contributed by atoms with Crippen LogP contribution >= 0.6 is 0 Å². The van der Waals surface area contributed by atoms with E-state index >= 15 is 0 Å². The Labute approximate surface area is 183 Å². The van der Waals surface area contributed by atoms with Crippen LogP contribution in [-0.2, 0) is 15.4 Å².